The minimum atomic E-state index is -0.0189. The second-order valence-electron chi connectivity index (χ2n) is 9.10. The number of nitrogens with one attached hydrogen (secondary N) is 1. The van der Waals surface area contributed by atoms with E-state index in [4.69, 9.17) is 4.98 Å². The van der Waals surface area contributed by atoms with E-state index in [2.05, 4.69) is 35.7 Å². The van der Waals surface area contributed by atoms with Crippen molar-refractivity contribution in [3.05, 3.63) is 75.7 Å². The van der Waals surface area contributed by atoms with Crippen LogP contribution in [0.4, 0.5) is 0 Å². The van der Waals surface area contributed by atoms with Gasteiger partial charge in [0.2, 0.25) is 0 Å². The molecule has 5 rings (SSSR count). The van der Waals surface area contributed by atoms with Crippen molar-refractivity contribution in [2.24, 2.45) is 13.0 Å². The molecule has 1 saturated heterocycles. The summed E-state index contributed by atoms with van der Waals surface area (Å²) in [5.74, 6) is 1.30. The van der Waals surface area contributed by atoms with Crippen molar-refractivity contribution in [3.8, 4) is 28.6 Å². The number of aromatic nitrogens is 2. The number of aryl methyl sites for hydroxylation is 1. The molecule has 3 aromatic rings. The number of nitriles is 1. The Labute approximate surface area is 188 Å². The van der Waals surface area contributed by atoms with E-state index in [1.165, 1.54) is 18.4 Å². The predicted molar refractivity (Wildman–Crippen MR) is 126 cm³/mol. The van der Waals surface area contributed by atoms with E-state index >= 15 is 0 Å². The van der Waals surface area contributed by atoms with Crippen LogP contribution in [-0.2, 0) is 13.5 Å². The zero-order chi connectivity index (χ0) is 22.1. The summed E-state index contributed by atoms with van der Waals surface area (Å²) in [6, 6.07) is 18.2. The lowest BCUT2D eigenvalue weighted by molar-refractivity contribution is 0.526. The number of benzene rings is 2. The van der Waals surface area contributed by atoms with E-state index in [9.17, 15) is 10.1 Å². The molecule has 0 spiro atoms. The Morgan fingerprint density at radius 1 is 1.06 bits per heavy atom. The van der Waals surface area contributed by atoms with Crippen molar-refractivity contribution in [1.29, 1.82) is 5.26 Å². The first kappa shape index (κ1) is 20.7. The molecule has 162 valence electrons. The van der Waals surface area contributed by atoms with Crippen LogP contribution in [0.3, 0.4) is 0 Å². The van der Waals surface area contributed by atoms with E-state index in [1.807, 2.05) is 31.3 Å². The van der Waals surface area contributed by atoms with Gasteiger partial charge in [-0.1, -0.05) is 36.4 Å². The van der Waals surface area contributed by atoms with Crippen LogP contribution in [0.2, 0.25) is 0 Å². The van der Waals surface area contributed by atoms with E-state index < -0.39 is 0 Å². The first-order valence-electron chi connectivity index (χ1n) is 11.6. The molecule has 0 unspecified atom stereocenters. The maximum atomic E-state index is 13.3. The normalized spacial score (nSPS) is 17.9. The monoisotopic (exact) mass is 424 g/mol. The highest BCUT2D eigenvalue weighted by molar-refractivity contribution is 5.78. The van der Waals surface area contributed by atoms with Gasteiger partial charge in [-0.3, -0.25) is 4.79 Å². The molecule has 1 aliphatic carbocycles. The fraction of sp³-hybridized carbons (Fsp3) is 0.370. The van der Waals surface area contributed by atoms with Crippen LogP contribution in [0.1, 0.15) is 48.4 Å². The largest absolute Gasteiger partial charge is 0.316 e. The molecule has 1 saturated carbocycles. The molecule has 2 fully saturated rings. The van der Waals surface area contributed by atoms with Gasteiger partial charge in [-0.05, 0) is 74.7 Å². The maximum absolute atomic E-state index is 13.3. The lowest BCUT2D eigenvalue weighted by Gasteiger charge is -2.17. The fourth-order valence-corrected chi connectivity index (χ4v) is 4.72. The van der Waals surface area contributed by atoms with Gasteiger partial charge in [-0.25, -0.2) is 4.98 Å². The average molecular weight is 425 g/mol. The quantitative estimate of drug-likeness (QED) is 0.636. The van der Waals surface area contributed by atoms with Crippen molar-refractivity contribution in [1.82, 2.24) is 14.9 Å². The average Bonchev–Trinajstić information content (AvgIpc) is 3.55. The van der Waals surface area contributed by atoms with E-state index in [-0.39, 0.29) is 5.56 Å². The minimum Gasteiger partial charge on any atom is -0.316 e. The summed E-state index contributed by atoms with van der Waals surface area (Å²) in [6.45, 7) is 2.08. The second kappa shape index (κ2) is 8.72. The lowest BCUT2D eigenvalue weighted by atomic mass is 9.99. The highest BCUT2D eigenvalue weighted by Crippen LogP contribution is 2.41. The molecule has 1 aliphatic heterocycles. The molecule has 2 aromatic carbocycles. The Balaban J connectivity index is 1.58. The Kier molecular flexibility index (Phi) is 5.63. The van der Waals surface area contributed by atoms with Crippen LogP contribution in [0.25, 0.3) is 22.5 Å². The lowest BCUT2D eigenvalue weighted by Crippen LogP contribution is -2.26. The summed E-state index contributed by atoms with van der Waals surface area (Å²) >= 11 is 0. The maximum Gasteiger partial charge on any atom is 0.272 e. The molecule has 1 N–H and O–H groups in total. The zero-order valence-corrected chi connectivity index (χ0v) is 18.5. The molecule has 1 aromatic heterocycles. The second-order valence-corrected chi connectivity index (χ2v) is 9.10. The van der Waals surface area contributed by atoms with Gasteiger partial charge in [0.05, 0.1) is 23.0 Å². The van der Waals surface area contributed by atoms with Crippen LogP contribution in [0, 0.1) is 17.2 Å². The number of hydrogen-bond donors (Lipinski definition) is 1. The third-order valence-corrected chi connectivity index (χ3v) is 6.83. The minimum absolute atomic E-state index is 0.0189. The van der Waals surface area contributed by atoms with Crippen LogP contribution >= 0.6 is 0 Å². The number of hydrogen-bond acceptors (Lipinski definition) is 4. The van der Waals surface area contributed by atoms with Gasteiger partial charge in [0.25, 0.3) is 5.56 Å². The van der Waals surface area contributed by atoms with Crippen LogP contribution in [-0.4, -0.2) is 22.6 Å². The molecule has 0 bridgehead atoms. The molecule has 5 heteroatoms. The van der Waals surface area contributed by atoms with Gasteiger partial charge in [0.15, 0.2) is 0 Å². The van der Waals surface area contributed by atoms with E-state index in [0.717, 1.165) is 48.4 Å². The Morgan fingerprint density at radius 2 is 1.78 bits per heavy atom. The zero-order valence-electron chi connectivity index (χ0n) is 18.5. The summed E-state index contributed by atoms with van der Waals surface area (Å²) in [5, 5.41) is 12.6. The van der Waals surface area contributed by atoms with Gasteiger partial charge in [0.1, 0.15) is 5.69 Å². The highest BCUT2D eigenvalue weighted by Gasteiger charge is 2.24. The molecular weight excluding hydrogens is 396 g/mol. The third kappa shape index (κ3) is 4.11. The summed E-state index contributed by atoms with van der Waals surface area (Å²) in [6.07, 6.45) is 5.34. The highest BCUT2D eigenvalue weighted by atomic mass is 16.1. The summed E-state index contributed by atoms with van der Waals surface area (Å²) in [4.78, 5) is 18.2. The van der Waals surface area contributed by atoms with Crippen LogP contribution in [0.15, 0.2) is 53.3 Å². The Morgan fingerprint density at radius 3 is 2.41 bits per heavy atom. The third-order valence-electron chi connectivity index (χ3n) is 6.83. The molecule has 32 heavy (non-hydrogen) atoms. The number of rotatable bonds is 6. The van der Waals surface area contributed by atoms with Gasteiger partial charge in [-0.15, -0.1) is 0 Å². The van der Waals surface area contributed by atoms with Gasteiger partial charge >= 0.3 is 0 Å². The van der Waals surface area contributed by atoms with E-state index in [1.54, 1.807) is 4.57 Å². The molecule has 0 amide bonds. The standard InChI is InChI=1S/C27H28N4O/c1-31-26(23-11-9-21(10-12-23)20-7-8-20)25(22-5-2-18(16-28)3-6-22)30-24(27(31)32)13-4-19-14-15-29-17-19/h2-3,5-6,9-12,19-20,29H,4,7-8,13-15,17H2,1H3/t19-/m0/s1. The first-order valence-corrected chi connectivity index (χ1v) is 11.6. The van der Waals surface area contributed by atoms with Crippen molar-refractivity contribution >= 4 is 0 Å². The van der Waals surface area contributed by atoms with Crippen LogP contribution in [0.5, 0.6) is 0 Å². The molecule has 1 atom stereocenters. The summed E-state index contributed by atoms with van der Waals surface area (Å²) in [7, 11) is 1.85. The molecule has 2 aliphatic rings. The van der Waals surface area contributed by atoms with Crippen molar-refractivity contribution < 1.29 is 0 Å². The SMILES string of the molecule is Cn1c(-c2ccc(C3CC3)cc2)c(-c2ccc(C#N)cc2)nc(CC[C@H]2CCNC2)c1=O. The van der Waals surface area contributed by atoms with Crippen molar-refractivity contribution in [2.75, 3.05) is 13.1 Å². The smallest absolute Gasteiger partial charge is 0.272 e. The first-order chi connectivity index (χ1) is 15.6. The Bertz CT molecular complexity index is 1210. The fourth-order valence-electron chi connectivity index (χ4n) is 4.72. The topological polar surface area (TPSA) is 70.7 Å². The molecule has 0 radical (unpaired) electrons. The molecule has 5 nitrogen and oxygen atoms in total. The van der Waals surface area contributed by atoms with Gasteiger partial charge in [0, 0.05) is 18.2 Å². The predicted octanol–water partition coefficient (Wildman–Crippen LogP) is 4.41. The summed E-state index contributed by atoms with van der Waals surface area (Å²) in [5.41, 5.74) is 6.13. The molecule has 2 heterocycles. The summed E-state index contributed by atoms with van der Waals surface area (Å²) < 4.78 is 1.76. The number of nitrogens with zero attached hydrogens (tertiary/aromatic N) is 3. The van der Waals surface area contributed by atoms with E-state index in [0.29, 0.717) is 29.5 Å². The van der Waals surface area contributed by atoms with Gasteiger partial charge < -0.3 is 9.88 Å². The van der Waals surface area contributed by atoms with Crippen LogP contribution < -0.4 is 10.9 Å². The van der Waals surface area contributed by atoms with Crippen molar-refractivity contribution in [3.63, 3.8) is 0 Å². The van der Waals surface area contributed by atoms with Crippen molar-refractivity contribution in [2.45, 2.75) is 38.0 Å². The molecular formula is C27H28N4O. The Hall–Kier alpha value is -3.23. The van der Waals surface area contributed by atoms with Gasteiger partial charge in [-0.2, -0.15) is 5.26 Å².